The van der Waals surface area contributed by atoms with Crippen molar-refractivity contribution in [1.29, 1.82) is 0 Å². The summed E-state index contributed by atoms with van der Waals surface area (Å²) in [7, 11) is 3.47. The Labute approximate surface area is 122 Å². The number of nitrogens with one attached hydrogen (secondary N) is 1. The fourth-order valence-electron chi connectivity index (χ4n) is 2.37. The summed E-state index contributed by atoms with van der Waals surface area (Å²) in [6.07, 6.45) is 3.12. The van der Waals surface area contributed by atoms with E-state index in [-0.39, 0.29) is 11.4 Å². The molecule has 0 bridgehead atoms. The van der Waals surface area contributed by atoms with Crippen molar-refractivity contribution in [1.82, 2.24) is 4.90 Å². The molecular weight excluding hydrogens is 250 g/mol. The third-order valence-electron chi connectivity index (χ3n) is 4.13. The van der Waals surface area contributed by atoms with Crippen LogP contribution >= 0.6 is 0 Å². The molecule has 0 aliphatic rings. The molecule has 0 aromatic heterocycles. The molecule has 1 rings (SSSR count). The van der Waals surface area contributed by atoms with E-state index in [1.165, 1.54) is 0 Å². The van der Waals surface area contributed by atoms with Crippen LogP contribution in [-0.4, -0.2) is 30.4 Å². The average molecular weight is 277 g/mol. The molecule has 0 saturated heterocycles. The van der Waals surface area contributed by atoms with Crippen LogP contribution in [0.3, 0.4) is 0 Å². The van der Waals surface area contributed by atoms with Crippen molar-refractivity contribution >= 4 is 17.3 Å². The van der Waals surface area contributed by atoms with Crippen LogP contribution in [0.2, 0.25) is 0 Å². The highest BCUT2D eigenvalue weighted by Crippen LogP contribution is 2.29. The lowest BCUT2D eigenvalue weighted by atomic mass is 9.89. The maximum atomic E-state index is 11.9. The first-order valence-corrected chi connectivity index (χ1v) is 7.28. The highest BCUT2D eigenvalue weighted by molar-refractivity contribution is 5.95. The molecule has 4 heteroatoms. The Kier molecular flexibility index (Phi) is 5.43. The van der Waals surface area contributed by atoms with Crippen molar-refractivity contribution in [2.45, 2.75) is 45.6 Å². The molecule has 0 atom stereocenters. The van der Waals surface area contributed by atoms with Crippen LogP contribution in [0.5, 0.6) is 0 Å². The van der Waals surface area contributed by atoms with Gasteiger partial charge in [-0.15, -0.1) is 0 Å². The Balaban J connectivity index is 3.02. The van der Waals surface area contributed by atoms with Crippen molar-refractivity contribution in [3.63, 3.8) is 0 Å². The van der Waals surface area contributed by atoms with Crippen LogP contribution in [0.15, 0.2) is 18.2 Å². The number of hydrogen-bond acceptors (Lipinski definition) is 3. The largest absolute Gasteiger partial charge is 0.397 e. The molecule has 0 radical (unpaired) electrons. The summed E-state index contributed by atoms with van der Waals surface area (Å²) in [5, 5.41) is 3.56. The molecule has 0 saturated carbocycles. The van der Waals surface area contributed by atoms with Gasteiger partial charge in [0.2, 0.25) is 0 Å². The number of carbonyl (C=O) groups excluding carboxylic acids is 1. The Bertz CT molecular complexity index is 457. The number of nitrogen functional groups attached to an aromatic ring is 1. The van der Waals surface area contributed by atoms with E-state index in [4.69, 9.17) is 5.73 Å². The lowest BCUT2D eigenvalue weighted by molar-refractivity contribution is 0.0827. The molecule has 4 nitrogen and oxygen atoms in total. The van der Waals surface area contributed by atoms with Crippen molar-refractivity contribution in [2.75, 3.05) is 25.1 Å². The Hall–Kier alpha value is -1.71. The van der Waals surface area contributed by atoms with E-state index < -0.39 is 0 Å². The minimum Gasteiger partial charge on any atom is -0.397 e. The molecule has 1 amide bonds. The minimum absolute atomic E-state index is 0.0315. The van der Waals surface area contributed by atoms with Crippen molar-refractivity contribution in [2.24, 2.45) is 0 Å². The van der Waals surface area contributed by atoms with Crippen LogP contribution in [0.1, 0.15) is 50.4 Å². The van der Waals surface area contributed by atoms with Crippen LogP contribution in [0, 0.1) is 0 Å². The molecule has 112 valence electrons. The number of amides is 1. The van der Waals surface area contributed by atoms with Gasteiger partial charge >= 0.3 is 0 Å². The van der Waals surface area contributed by atoms with E-state index in [2.05, 4.69) is 26.1 Å². The van der Waals surface area contributed by atoms with Gasteiger partial charge in [0.05, 0.1) is 11.4 Å². The normalized spacial score (nSPS) is 11.2. The highest BCUT2D eigenvalue weighted by Gasteiger charge is 2.24. The van der Waals surface area contributed by atoms with Gasteiger partial charge in [-0.1, -0.05) is 20.8 Å². The standard InChI is InChI=1S/C16H27N3O/c1-6-16(7-2,8-3)18-14-10-9-12(11-13(14)17)15(20)19(4)5/h9-11,18H,6-8,17H2,1-5H3. The zero-order valence-electron chi connectivity index (χ0n) is 13.3. The third kappa shape index (κ3) is 3.44. The lowest BCUT2D eigenvalue weighted by Gasteiger charge is -2.33. The first kappa shape index (κ1) is 16.3. The Morgan fingerprint density at radius 3 is 2.15 bits per heavy atom. The third-order valence-corrected chi connectivity index (χ3v) is 4.13. The number of carbonyl (C=O) groups is 1. The van der Waals surface area contributed by atoms with Gasteiger partial charge in [0, 0.05) is 25.2 Å². The molecule has 20 heavy (non-hydrogen) atoms. The summed E-state index contributed by atoms with van der Waals surface area (Å²) >= 11 is 0. The average Bonchev–Trinajstić information content (AvgIpc) is 2.45. The Morgan fingerprint density at radius 1 is 1.20 bits per heavy atom. The summed E-state index contributed by atoms with van der Waals surface area (Å²) < 4.78 is 0. The molecule has 0 aliphatic heterocycles. The van der Waals surface area contributed by atoms with Crippen LogP contribution in [0.25, 0.3) is 0 Å². The summed E-state index contributed by atoms with van der Waals surface area (Å²) in [5.41, 5.74) is 8.32. The summed E-state index contributed by atoms with van der Waals surface area (Å²) in [6.45, 7) is 6.54. The van der Waals surface area contributed by atoms with E-state index in [0.29, 0.717) is 11.3 Å². The topological polar surface area (TPSA) is 58.4 Å². The number of rotatable bonds is 6. The molecule has 0 aliphatic carbocycles. The van der Waals surface area contributed by atoms with Gasteiger partial charge in [0.1, 0.15) is 0 Å². The van der Waals surface area contributed by atoms with Crippen molar-refractivity contribution < 1.29 is 4.79 Å². The first-order chi connectivity index (χ1) is 9.39. The number of nitrogens with zero attached hydrogens (tertiary/aromatic N) is 1. The quantitative estimate of drug-likeness (QED) is 0.784. The predicted octanol–water partition coefficient (Wildman–Crippen LogP) is 3.35. The monoisotopic (exact) mass is 277 g/mol. The number of nitrogens with two attached hydrogens (primary N) is 1. The summed E-state index contributed by atoms with van der Waals surface area (Å²) in [4.78, 5) is 13.5. The van der Waals surface area contributed by atoms with E-state index in [1.807, 2.05) is 12.1 Å². The van der Waals surface area contributed by atoms with Gasteiger partial charge in [-0.25, -0.2) is 0 Å². The van der Waals surface area contributed by atoms with Crippen LogP contribution in [-0.2, 0) is 0 Å². The molecule has 1 aromatic rings. The molecule has 0 fully saturated rings. The molecule has 0 unspecified atom stereocenters. The molecular formula is C16H27N3O. The minimum atomic E-state index is -0.0315. The van der Waals surface area contributed by atoms with E-state index in [9.17, 15) is 4.79 Å². The van der Waals surface area contributed by atoms with Gasteiger partial charge in [-0.05, 0) is 37.5 Å². The second kappa shape index (κ2) is 6.64. The Morgan fingerprint density at radius 2 is 1.75 bits per heavy atom. The molecule has 0 heterocycles. The fourth-order valence-corrected chi connectivity index (χ4v) is 2.37. The van der Waals surface area contributed by atoms with E-state index in [1.54, 1.807) is 25.1 Å². The fraction of sp³-hybridized carbons (Fsp3) is 0.562. The maximum absolute atomic E-state index is 11.9. The molecule has 0 spiro atoms. The number of anilines is 2. The van der Waals surface area contributed by atoms with Crippen molar-refractivity contribution in [3.8, 4) is 0 Å². The smallest absolute Gasteiger partial charge is 0.253 e. The van der Waals surface area contributed by atoms with Gasteiger partial charge in [0.15, 0.2) is 0 Å². The van der Waals surface area contributed by atoms with E-state index >= 15 is 0 Å². The predicted molar refractivity (Wildman–Crippen MR) is 86.1 cm³/mol. The van der Waals surface area contributed by atoms with Crippen molar-refractivity contribution in [3.05, 3.63) is 23.8 Å². The summed E-state index contributed by atoms with van der Waals surface area (Å²) in [6, 6.07) is 5.48. The highest BCUT2D eigenvalue weighted by atomic mass is 16.2. The van der Waals surface area contributed by atoms with Crippen LogP contribution < -0.4 is 11.1 Å². The first-order valence-electron chi connectivity index (χ1n) is 7.28. The van der Waals surface area contributed by atoms with Gasteiger partial charge in [-0.2, -0.15) is 0 Å². The number of hydrogen-bond donors (Lipinski definition) is 2. The second-order valence-electron chi connectivity index (χ2n) is 5.47. The second-order valence-corrected chi connectivity index (χ2v) is 5.47. The van der Waals surface area contributed by atoms with Gasteiger partial charge < -0.3 is 16.0 Å². The van der Waals surface area contributed by atoms with Gasteiger partial charge in [0.25, 0.3) is 5.91 Å². The SMILES string of the molecule is CCC(CC)(CC)Nc1ccc(C(=O)N(C)C)cc1N. The number of benzene rings is 1. The maximum Gasteiger partial charge on any atom is 0.253 e. The lowest BCUT2D eigenvalue weighted by Crippen LogP contribution is -2.36. The molecule has 1 aromatic carbocycles. The summed E-state index contributed by atoms with van der Waals surface area (Å²) in [5.74, 6) is -0.0315. The van der Waals surface area contributed by atoms with E-state index in [0.717, 1.165) is 24.9 Å². The van der Waals surface area contributed by atoms with Crippen LogP contribution in [0.4, 0.5) is 11.4 Å². The van der Waals surface area contributed by atoms with Gasteiger partial charge in [-0.3, -0.25) is 4.79 Å². The zero-order valence-corrected chi connectivity index (χ0v) is 13.3. The molecule has 3 N–H and O–H groups in total. The zero-order chi connectivity index (χ0) is 15.3.